The second-order valence-electron chi connectivity index (χ2n) is 7.62. The van der Waals surface area contributed by atoms with Crippen LogP contribution >= 0.6 is 12.4 Å². The molecule has 1 aliphatic heterocycles. The summed E-state index contributed by atoms with van der Waals surface area (Å²) >= 11 is 0. The molecule has 25 heavy (non-hydrogen) atoms. The molecule has 2 fully saturated rings. The second-order valence-corrected chi connectivity index (χ2v) is 7.62. The van der Waals surface area contributed by atoms with Crippen molar-refractivity contribution in [3.05, 3.63) is 29.3 Å². The van der Waals surface area contributed by atoms with Crippen molar-refractivity contribution < 1.29 is 9.53 Å². The third-order valence-corrected chi connectivity index (χ3v) is 6.08. The van der Waals surface area contributed by atoms with Gasteiger partial charge in [0.2, 0.25) is 5.91 Å². The fourth-order valence-corrected chi connectivity index (χ4v) is 4.59. The number of rotatable bonds is 4. The van der Waals surface area contributed by atoms with Gasteiger partial charge in [0, 0.05) is 12.6 Å². The van der Waals surface area contributed by atoms with Crippen LogP contribution in [0.15, 0.2) is 18.2 Å². The summed E-state index contributed by atoms with van der Waals surface area (Å²) in [5.74, 6) is 1.62. The zero-order valence-electron chi connectivity index (χ0n) is 15.6. The van der Waals surface area contributed by atoms with Crippen LogP contribution in [0.3, 0.4) is 0 Å². The molecule has 2 N–H and O–H groups in total. The maximum atomic E-state index is 13.6. The number of hydrogen-bond acceptors (Lipinski definition) is 3. The number of carbonyl (C=O) groups excluding carboxylic acids is 1. The number of methoxy groups -OCH3 is 1. The maximum absolute atomic E-state index is 13.6. The molecule has 1 amide bonds. The number of benzene rings is 1. The van der Waals surface area contributed by atoms with Gasteiger partial charge in [0.25, 0.3) is 0 Å². The van der Waals surface area contributed by atoms with Crippen LogP contribution in [0, 0.1) is 12.8 Å². The summed E-state index contributed by atoms with van der Waals surface area (Å²) in [6.07, 6.45) is 5.13. The van der Waals surface area contributed by atoms with E-state index < -0.39 is 0 Å². The number of amides is 1. The Labute approximate surface area is 157 Å². The van der Waals surface area contributed by atoms with Crippen molar-refractivity contribution in [1.29, 1.82) is 0 Å². The topological polar surface area (TPSA) is 55.6 Å². The van der Waals surface area contributed by atoms with Crippen LogP contribution in [-0.4, -0.2) is 37.0 Å². The van der Waals surface area contributed by atoms with Crippen LogP contribution in [-0.2, 0) is 10.2 Å². The fourth-order valence-electron chi connectivity index (χ4n) is 4.59. The van der Waals surface area contributed by atoms with Crippen LogP contribution in [0.25, 0.3) is 0 Å². The summed E-state index contributed by atoms with van der Waals surface area (Å²) in [4.78, 5) is 15.7. The predicted molar refractivity (Wildman–Crippen MR) is 103 cm³/mol. The first kappa shape index (κ1) is 20.1. The first-order chi connectivity index (χ1) is 11.5. The Balaban J connectivity index is 0.00000225. The molecule has 4 nitrogen and oxygen atoms in total. The minimum atomic E-state index is -0.376. The van der Waals surface area contributed by atoms with Gasteiger partial charge in [0.1, 0.15) is 5.75 Å². The van der Waals surface area contributed by atoms with Gasteiger partial charge in [-0.1, -0.05) is 25.0 Å². The van der Waals surface area contributed by atoms with E-state index in [1.807, 2.05) is 6.92 Å². The molecule has 2 unspecified atom stereocenters. The van der Waals surface area contributed by atoms with Crippen molar-refractivity contribution in [2.45, 2.75) is 57.4 Å². The normalized spacial score (nSPS) is 24.9. The molecule has 1 saturated carbocycles. The number of likely N-dealkylation sites (tertiary alicyclic amines) is 1. The first-order valence-corrected chi connectivity index (χ1v) is 9.18. The van der Waals surface area contributed by atoms with E-state index in [0.29, 0.717) is 18.4 Å². The van der Waals surface area contributed by atoms with Crippen molar-refractivity contribution in [2.75, 3.05) is 20.2 Å². The third-order valence-electron chi connectivity index (χ3n) is 6.08. The minimum Gasteiger partial charge on any atom is -0.496 e. The monoisotopic (exact) mass is 366 g/mol. The quantitative estimate of drug-likeness (QED) is 0.888. The number of hydrogen-bond donors (Lipinski definition) is 1. The fraction of sp³-hybridized carbons (Fsp3) is 0.650. The van der Waals surface area contributed by atoms with E-state index in [1.54, 1.807) is 7.11 Å². The van der Waals surface area contributed by atoms with E-state index in [0.717, 1.165) is 55.5 Å². The zero-order valence-corrected chi connectivity index (χ0v) is 16.4. The lowest BCUT2D eigenvalue weighted by Gasteiger charge is -2.35. The number of ether oxygens (including phenoxy) is 1. The van der Waals surface area contributed by atoms with Gasteiger partial charge in [-0.15, -0.1) is 12.4 Å². The highest BCUT2D eigenvalue weighted by molar-refractivity contribution is 5.89. The number of carbonyl (C=O) groups is 1. The van der Waals surface area contributed by atoms with Gasteiger partial charge in [0.05, 0.1) is 12.5 Å². The van der Waals surface area contributed by atoms with Crippen LogP contribution < -0.4 is 10.5 Å². The van der Waals surface area contributed by atoms with E-state index >= 15 is 0 Å². The van der Waals surface area contributed by atoms with Crippen molar-refractivity contribution in [3.63, 3.8) is 0 Å². The summed E-state index contributed by atoms with van der Waals surface area (Å²) in [6.45, 7) is 5.67. The molecule has 1 heterocycles. The van der Waals surface area contributed by atoms with Crippen LogP contribution in [0.1, 0.15) is 50.2 Å². The van der Waals surface area contributed by atoms with E-state index in [2.05, 4.69) is 30.0 Å². The molecule has 1 aromatic rings. The molecule has 3 rings (SSSR count). The molecule has 2 aliphatic rings. The summed E-state index contributed by atoms with van der Waals surface area (Å²) in [7, 11) is 1.70. The molecule has 1 aliphatic carbocycles. The molecule has 5 heteroatoms. The maximum Gasteiger partial charge on any atom is 0.233 e. The Bertz CT molecular complexity index is 614. The molecule has 2 atom stereocenters. The van der Waals surface area contributed by atoms with E-state index in [9.17, 15) is 4.79 Å². The van der Waals surface area contributed by atoms with E-state index in [-0.39, 0.29) is 23.9 Å². The van der Waals surface area contributed by atoms with Crippen molar-refractivity contribution in [1.82, 2.24) is 4.90 Å². The molecule has 1 aromatic carbocycles. The van der Waals surface area contributed by atoms with Crippen molar-refractivity contribution in [2.24, 2.45) is 11.7 Å². The Morgan fingerprint density at radius 1 is 1.36 bits per heavy atom. The standard InChI is InChI=1S/C20H30N2O2.ClH/c1-14-6-7-17(11-18(14)24-3)20(8-4-5-9-20)19(23)22-13-16(12-21)10-15(22)2;/h6-7,11,15-16H,4-5,8-10,12-13,21H2,1-3H3;1H. The highest BCUT2D eigenvalue weighted by Crippen LogP contribution is 2.45. The average Bonchev–Trinajstić information content (AvgIpc) is 3.22. The predicted octanol–water partition coefficient (Wildman–Crippen LogP) is 3.43. The lowest BCUT2D eigenvalue weighted by molar-refractivity contribution is -0.138. The lowest BCUT2D eigenvalue weighted by Crippen LogP contribution is -2.47. The second kappa shape index (κ2) is 7.96. The highest BCUT2D eigenvalue weighted by atomic mass is 35.5. The van der Waals surface area contributed by atoms with Crippen molar-refractivity contribution >= 4 is 18.3 Å². The SMILES string of the molecule is COc1cc(C2(C(=O)N3CC(CN)CC3C)CCCC2)ccc1C.Cl. The highest BCUT2D eigenvalue weighted by Gasteiger charge is 2.47. The summed E-state index contributed by atoms with van der Waals surface area (Å²) < 4.78 is 5.51. The number of aryl methyl sites for hydroxylation is 1. The molecule has 0 aromatic heterocycles. The largest absolute Gasteiger partial charge is 0.496 e. The lowest BCUT2D eigenvalue weighted by atomic mass is 9.77. The third kappa shape index (κ3) is 3.52. The van der Waals surface area contributed by atoms with Gasteiger partial charge >= 0.3 is 0 Å². The Morgan fingerprint density at radius 2 is 2.04 bits per heavy atom. The van der Waals surface area contributed by atoms with Gasteiger partial charge in [-0.05, 0) is 62.8 Å². The average molecular weight is 367 g/mol. The van der Waals surface area contributed by atoms with Gasteiger partial charge in [-0.25, -0.2) is 0 Å². The van der Waals surface area contributed by atoms with Crippen LogP contribution in [0.2, 0.25) is 0 Å². The minimum absolute atomic E-state index is 0. The summed E-state index contributed by atoms with van der Waals surface area (Å²) in [5, 5.41) is 0. The molecular weight excluding hydrogens is 336 g/mol. The Kier molecular flexibility index (Phi) is 6.39. The zero-order chi connectivity index (χ0) is 17.3. The van der Waals surface area contributed by atoms with E-state index in [4.69, 9.17) is 10.5 Å². The van der Waals surface area contributed by atoms with E-state index in [1.165, 1.54) is 0 Å². The number of halogens is 1. The van der Waals surface area contributed by atoms with Gasteiger partial charge in [-0.2, -0.15) is 0 Å². The summed E-state index contributed by atoms with van der Waals surface area (Å²) in [6, 6.07) is 6.58. The first-order valence-electron chi connectivity index (χ1n) is 9.18. The van der Waals surface area contributed by atoms with Gasteiger partial charge in [-0.3, -0.25) is 4.79 Å². The van der Waals surface area contributed by atoms with Crippen LogP contribution in [0.4, 0.5) is 0 Å². The molecular formula is C20H31ClN2O2. The van der Waals surface area contributed by atoms with Gasteiger partial charge < -0.3 is 15.4 Å². The molecule has 0 spiro atoms. The molecule has 0 radical (unpaired) electrons. The molecule has 0 bridgehead atoms. The Morgan fingerprint density at radius 3 is 2.60 bits per heavy atom. The summed E-state index contributed by atoms with van der Waals surface area (Å²) in [5.41, 5.74) is 7.71. The Hall–Kier alpha value is -1.26. The molecule has 140 valence electrons. The smallest absolute Gasteiger partial charge is 0.233 e. The van der Waals surface area contributed by atoms with Gasteiger partial charge in [0.15, 0.2) is 0 Å². The van der Waals surface area contributed by atoms with Crippen molar-refractivity contribution in [3.8, 4) is 5.75 Å². The molecule has 1 saturated heterocycles. The number of nitrogens with two attached hydrogens (primary N) is 1. The van der Waals surface area contributed by atoms with Crippen LogP contribution in [0.5, 0.6) is 5.75 Å². The number of nitrogens with zero attached hydrogens (tertiary/aromatic N) is 1.